The van der Waals surface area contributed by atoms with Crippen LogP contribution in [-0.2, 0) is 11.3 Å². The molecule has 8 nitrogen and oxygen atoms in total. The molecule has 5 rings (SSSR count). The summed E-state index contributed by atoms with van der Waals surface area (Å²) in [6.07, 6.45) is 7.30. The van der Waals surface area contributed by atoms with Gasteiger partial charge >= 0.3 is 0 Å². The number of nitrogens with one attached hydrogen (secondary N) is 1. The Kier molecular flexibility index (Phi) is 5.72. The maximum absolute atomic E-state index is 12.7. The molecule has 0 aliphatic carbocycles. The van der Waals surface area contributed by atoms with Gasteiger partial charge in [0.05, 0.1) is 24.9 Å². The summed E-state index contributed by atoms with van der Waals surface area (Å²) in [5, 5.41) is 8.69. The number of methoxy groups -OCH3 is 1. The van der Waals surface area contributed by atoms with Crippen LogP contribution in [0.1, 0.15) is 18.4 Å². The molecule has 0 bridgehead atoms. The van der Waals surface area contributed by atoms with Gasteiger partial charge in [0.25, 0.3) is 0 Å². The van der Waals surface area contributed by atoms with Crippen LogP contribution >= 0.6 is 11.3 Å². The molecule has 164 valence electrons. The van der Waals surface area contributed by atoms with Gasteiger partial charge in [-0.1, -0.05) is 17.4 Å². The summed E-state index contributed by atoms with van der Waals surface area (Å²) in [7, 11) is 1.66. The van der Waals surface area contributed by atoms with Gasteiger partial charge in [0, 0.05) is 37.6 Å². The van der Waals surface area contributed by atoms with Crippen molar-refractivity contribution in [1.82, 2.24) is 24.9 Å². The summed E-state index contributed by atoms with van der Waals surface area (Å²) in [5.74, 6) is 0.854. The Morgan fingerprint density at radius 2 is 2.16 bits per heavy atom. The summed E-state index contributed by atoms with van der Waals surface area (Å²) in [6, 6.07) is 11.7. The summed E-state index contributed by atoms with van der Waals surface area (Å²) >= 11 is 1.55. The lowest BCUT2D eigenvalue weighted by Crippen LogP contribution is -2.43. The number of carbonyl (C=O) groups is 1. The average Bonchev–Trinajstić information content (AvgIpc) is 3.43. The number of rotatable bonds is 6. The van der Waals surface area contributed by atoms with E-state index in [1.54, 1.807) is 30.8 Å². The van der Waals surface area contributed by atoms with Crippen molar-refractivity contribution in [2.75, 3.05) is 25.1 Å². The Morgan fingerprint density at radius 3 is 2.91 bits per heavy atom. The molecular weight excluding hydrogens is 424 g/mol. The summed E-state index contributed by atoms with van der Waals surface area (Å²) in [5.41, 5.74) is 2.90. The molecule has 1 saturated heterocycles. The van der Waals surface area contributed by atoms with Crippen LogP contribution in [0.25, 0.3) is 16.2 Å². The molecule has 32 heavy (non-hydrogen) atoms. The van der Waals surface area contributed by atoms with Crippen molar-refractivity contribution in [2.24, 2.45) is 5.92 Å². The maximum Gasteiger partial charge on any atom is 0.225 e. The second-order valence-electron chi connectivity index (χ2n) is 7.83. The largest absolute Gasteiger partial charge is 0.497 e. The van der Waals surface area contributed by atoms with Gasteiger partial charge in [-0.15, -0.1) is 5.10 Å². The lowest BCUT2D eigenvalue weighted by atomic mass is 9.97. The van der Waals surface area contributed by atoms with Crippen LogP contribution in [0, 0.1) is 5.92 Å². The quantitative estimate of drug-likeness (QED) is 0.487. The van der Waals surface area contributed by atoms with Crippen molar-refractivity contribution in [3.05, 3.63) is 60.6 Å². The Labute approximate surface area is 189 Å². The molecule has 0 radical (unpaired) electrons. The number of hydrogen-bond acceptors (Lipinski definition) is 7. The number of amides is 1. The molecule has 1 aliphatic heterocycles. The molecule has 0 saturated carbocycles. The predicted molar refractivity (Wildman–Crippen MR) is 124 cm³/mol. The van der Waals surface area contributed by atoms with E-state index < -0.39 is 0 Å². The van der Waals surface area contributed by atoms with E-state index in [1.807, 2.05) is 47.1 Å². The van der Waals surface area contributed by atoms with Gasteiger partial charge in [-0.3, -0.25) is 9.78 Å². The maximum atomic E-state index is 12.7. The first-order valence-electron chi connectivity index (χ1n) is 10.6. The van der Waals surface area contributed by atoms with Gasteiger partial charge in [0.1, 0.15) is 5.75 Å². The number of pyridine rings is 1. The van der Waals surface area contributed by atoms with Crippen LogP contribution in [0.15, 0.2) is 55.0 Å². The minimum absolute atomic E-state index is 0.0495. The van der Waals surface area contributed by atoms with Crippen molar-refractivity contribution in [2.45, 2.75) is 19.4 Å². The molecule has 3 aromatic heterocycles. The van der Waals surface area contributed by atoms with Crippen LogP contribution in [-0.4, -0.2) is 45.7 Å². The monoisotopic (exact) mass is 448 g/mol. The lowest BCUT2D eigenvalue weighted by molar-refractivity contribution is -0.125. The number of ether oxygens (including phenoxy) is 1. The molecule has 1 amide bonds. The van der Waals surface area contributed by atoms with Crippen LogP contribution in [0.5, 0.6) is 5.75 Å². The fourth-order valence-corrected chi connectivity index (χ4v) is 4.84. The first-order valence-corrected chi connectivity index (χ1v) is 11.4. The fourth-order valence-electron chi connectivity index (χ4n) is 3.92. The molecule has 4 aromatic rings. The SMILES string of the molecule is COc1ccc(-c2cn3nc(N4CCC[C@H](C(=O)NCc5cccnc5)C4)sc3n2)cc1. The van der Waals surface area contributed by atoms with Crippen LogP contribution in [0.4, 0.5) is 5.13 Å². The number of carbonyl (C=O) groups excluding carboxylic acids is 1. The van der Waals surface area contributed by atoms with E-state index in [0.717, 1.165) is 52.0 Å². The van der Waals surface area contributed by atoms with Crippen LogP contribution < -0.4 is 15.0 Å². The van der Waals surface area contributed by atoms with Crippen molar-refractivity contribution >= 4 is 27.3 Å². The van der Waals surface area contributed by atoms with E-state index in [2.05, 4.69) is 15.2 Å². The van der Waals surface area contributed by atoms with E-state index in [0.29, 0.717) is 13.1 Å². The fraction of sp³-hybridized carbons (Fsp3) is 0.304. The molecule has 0 unspecified atom stereocenters. The summed E-state index contributed by atoms with van der Waals surface area (Å²) < 4.78 is 7.05. The van der Waals surface area contributed by atoms with Crippen molar-refractivity contribution < 1.29 is 9.53 Å². The zero-order valence-electron chi connectivity index (χ0n) is 17.8. The molecule has 1 aliphatic rings. The average molecular weight is 449 g/mol. The van der Waals surface area contributed by atoms with E-state index in [-0.39, 0.29) is 11.8 Å². The number of piperidine rings is 1. The van der Waals surface area contributed by atoms with Crippen LogP contribution in [0.2, 0.25) is 0 Å². The van der Waals surface area contributed by atoms with Crippen molar-refractivity contribution in [3.8, 4) is 17.0 Å². The Balaban J connectivity index is 1.25. The van der Waals surface area contributed by atoms with Gasteiger partial charge in [0.2, 0.25) is 16.0 Å². The Morgan fingerprint density at radius 1 is 1.28 bits per heavy atom. The summed E-state index contributed by atoms with van der Waals surface area (Å²) in [4.78, 5) is 24.6. The van der Waals surface area contributed by atoms with Crippen molar-refractivity contribution in [1.29, 1.82) is 0 Å². The topological polar surface area (TPSA) is 84.7 Å². The smallest absolute Gasteiger partial charge is 0.225 e. The number of hydrogen-bond donors (Lipinski definition) is 1. The standard InChI is InChI=1S/C23H24N6O2S/c1-31-19-8-6-17(7-9-19)20-15-29-22(26-20)32-23(27-29)28-11-3-5-18(14-28)21(30)25-13-16-4-2-10-24-12-16/h2,4,6-10,12,15,18H,3,5,11,13-14H2,1H3,(H,25,30)/t18-/m0/s1. The number of aromatic nitrogens is 4. The lowest BCUT2D eigenvalue weighted by Gasteiger charge is -2.31. The molecule has 1 N–H and O–H groups in total. The van der Waals surface area contributed by atoms with Gasteiger partial charge < -0.3 is 15.0 Å². The minimum atomic E-state index is -0.0495. The third-order valence-electron chi connectivity index (χ3n) is 5.67. The highest BCUT2D eigenvalue weighted by molar-refractivity contribution is 7.20. The third kappa shape index (κ3) is 4.29. The third-order valence-corrected chi connectivity index (χ3v) is 6.65. The van der Waals surface area contributed by atoms with Gasteiger partial charge in [0.15, 0.2) is 0 Å². The second-order valence-corrected chi connectivity index (χ2v) is 8.77. The van der Waals surface area contributed by atoms with Crippen LogP contribution in [0.3, 0.4) is 0 Å². The van der Waals surface area contributed by atoms with Gasteiger partial charge in [-0.25, -0.2) is 9.50 Å². The van der Waals surface area contributed by atoms with Gasteiger partial charge in [-0.05, 0) is 48.7 Å². The molecular formula is C23H24N6O2S. The predicted octanol–water partition coefficient (Wildman–Crippen LogP) is 3.39. The van der Waals surface area contributed by atoms with E-state index in [4.69, 9.17) is 14.8 Å². The van der Waals surface area contributed by atoms with Crippen molar-refractivity contribution in [3.63, 3.8) is 0 Å². The van der Waals surface area contributed by atoms with E-state index >= 15 is 0 Å². The number of fused-ring (bicyclic) bond motifs is 1. The second kappa shape index (κ2) is 8.96. The normalized spacial score (nSPS) is 16.3. The minimum Gasteiger partial charge on any atom is -0.497 e. The summed E-state index contributed by atoms with van der Waals surface area (Å²) in [6.45, 7) is 2.07. The highest BCUT2D eigenvalue weighted by atomic mass is 32.1. The zero-order valence-corrected chi connectivity index (χ0v) is 18.6. The molecule has 9 heteroatoms. The molecule has 4 heterocycles. The first kappa shape index (κ1) is 20.4. The highest BCUT2D eigenvalue weighted by Crippen LogP contribution is 2.30. The number of anilines is 1. The molecule has 1 atom stereocenters. The Bertz CT molecular complexity index is 1170. The first-order chi connectivity index (χ1) is 15.7. The van der Waals surface area contributed by atoms with E-state index in [9.17, 15) is 4.79 Å². The highest BCUT2D eigenvalue weighted by Gasteiger charge is 2.27. The molecule has 1 aromatic carbocycles. The van der Waals surface area contributed by atoms with E-state index in [1.165, 1.54) is 0 Å². The zero-order chi connectivity index (χ0) is 21.9. The Hall–Kier alpha value is -3.46. The number of imidazole rings is 1. The molecule has 1 fully saturated rings. The number of benzene rings is 1. The van der Waals surface area contributed by atoms with Gasteiger partial charge in [-0.2, -0.15) is 0 Å². The number of nitrogens with zero attached hydrogens (tertiary/aromatic N) is 5. The molecule has 0 spiro atoms.